The zero-order chi connectivity index (χ0) is 20.2. The highest BCUT2D eigenvalue weighted by molar-refractivity contribution is 5.69. The van der Waals surface area contributed by atoms with E-state index in [1.807, 2.05) is 19.1 Å². The van der Waals surface area contributed by atoms with Gasteiger partial charge in [0, 0.05) is 18.0 Å². The third-order valence-corrected chi connectivity index (χ3v) is 5.27. The summed E-state index contributed by atoms with van der Waals surface area (Å²) in [6.45, 7) is 9.08. The summed E-state index contributed by atoms with van der Waals surface area (Å²) in [6, 6.07) is 3.86. The zero-order valence-corrected chi connectivity index (χ0v) is 17.4. The molecule has 1 unspecified atom stereocenters. The minimum absolute atomic E-state index is 0.0515. The predicted molar refractivity (Wildman–Crippen MR) is 105 cm³/mol. The highest BCUT2D eigenvalue weighted by atomic mass is 16.6. The number of hydrogen-bond donors (Lipinski definition) is 0. The largest absolute Gasteiger partial charge is 0.493 e. The Morgan fingerprint density at radius 3 is 2.22 bits per heavy atom. The number of carbonyl (C=O) groups is 1. The Balaban J connectivity index is 2.51. The van der Waals surface area contributed by atoms with Crippen LogP contribution in [-0.4, -0.2) is 51.5 Å². The van der Waals surface area contributed by atoms with Crippen molar-refractivity contribution >= 4 is 6.09 Å². The van der Waals surface area contributed by atoms with E-state index in [9.17, 15) is 4.79 Å². The lowest BCUT2D eigenvalue weighted by Crippen LogP contribution is -2.52. The Morgan fingerprint density at radius 1 is 1.15 bits per heavy atom. The number of ether oxygens (including phenoxy) is 4. The number of hydrogen-bond acceptors (Lipinski definition) is 5. The molecule has 1 aromatic carbocycles. The summed E-state index contributed by atoms with van der Waals surface area (Å²) in [7, 11) is 4.79. The molecule has 2 rings (SSSR count). The third-order valence-electron chi connectivity index (χ3n) is 5.27. The molecule has 1 atom stereocenters. The molecule has 1 heterocycles. The number of benzene rings is 1. The lowest BCUT2D eigenvalue weighted by molar-refractivity contribution is 0.0746. The van der Waals surface area contributed by atoms with Crippen LogP contribution < -0.4 is 14.2 Å². The molecule has 0 saturated heterocycles. The molecule has 1 aliphatic rings. The van der Waals surface area contributed by atoms with Gasteiger partial charge in [0.25, 0.3) is 0 Å². The highest BCUT2D eigenvalue weighted by Gasteiger charge is 2.40. The van der Waals surface area contributed by atoms with Crippen molar-refractivity contribution in [3.8, 4) is 17.2 Å². The van der Waals surface area contributed by atoms with E-state index in [0.29, 0.717) is 30.4 Å². The summed E-state index contributed by atoms with van der Waals surface area (Å²) < 4.78 is 21.8. The van der Waals surface area contributed by atoms with E-state index in [4.69, 9.17) is 18.9 Å². The van der Waals surface area contributed by atoms with Gasteiger partial charge in [-0.3, -0.25) is 0 Å². The van der Waals surface area contributed by atoms with Crippen molar-refractivity contribution in [2.24, 2.45) is 0 Å². The Labute approximate surface area is 162 Å². The molecule has 1 amide bonds. The Hall–Kier alpha value is -2.37. The van der Waals surface area contributed by atoms with Crippen LogP contribution in [0.2, 0.25) is 0 Å². The Kier molecular flexibility index (Phi) is 6.63. The lowest BCUT2D eigenvalue weighted by Gasteiger charge is -2.44. The fourth-order valence-corrected chi connectivity index (χ4v) is 3.58. The Bertz CT molecular complexity index is 686. The maximum absolute atomic E-state index is 12.5. The van der Waals surface area contributed by atoms with Crippen LogP contribution in [-0.2, 0) is 10.2 Å². The van der Waals surface area contributed by atoms with Gasteiger partial charge in [0.2, 0.25) is 5.75 Å². The van der Waals surface area contributed by atoms with Crippen LogP contribution in [0.4, 0.5) is 4.79 Å². The molecule has 0 fully saturated rings. The smallest absolute Gasteiger partial charge is 0.410 e. The van der Waals surface area contributed by atoms with E-state index >= 15 is 0 Å². The molecule has 0 N–H and O–H groups in total. The lowest BCUT2D eigenvalue weighted by atomic mass is 9.73. The van der Waals surface area contributed by atoms with Crippen molar-refractivity contribution in [1.82, 2.24) is 4.90 Å². The minimum Gasteiger partial charge on any atom is -0.493 e. The summed E-state index contributed by atoms with van der Waals surface area (Å²) >= 11 is 0. The maximum atomic E-state index is 12.5. The van der Waals surface area contributed by atoms with Crippen molar-refractivity contribution < 1.29 is 23.7 Å². The van der Waals surface area contributed by atoms with E-state index in [0.717, 1.165) is 12.0 Å². The van der Waals surface area contributed by atoms with Gasteiger partial charge in [0.05, 0.1) is 27.9 Å². The molecule has 150 valence electrons. The SMILES string of the molecule is CCOC(=O)N1CC=C(C)CC1C(C)(C)c1cc(OC)c(OC)c(OC)c1. The average Bonchev–Trinajstić information content (AvgIpc) is 2.66. The van der Waals surface area contributed by atoms with Gasteiger partial charge in [-0.2, -0.15) is 0 Å². The van der Waals surface area contributed by atoms with Crippen LogP contribution in [0.1, 0.15) is 39.7 Å². The molecular formula is C21H31NO5. The molecule has 1 aromatic rings. The molecule has 0 aromatic heterocycles. The van der Waals surface area contributed by atoms with Crippen molar-refractivity contribution in [3.05, 3.63) is 29.3 Å². The van der Waals surface area contributed by atoms with Gasteiger partial charge in [-0.1, -0.05) is 25.5 Å². The fraction of sp³-hybridized carbons (Fsp3) is 0.571. The highest BCUT2D eigenvalue weighted by Crippen LogP contribution is 2.44. The molecule has 0 saturated carbocycles. The third kappa shape index (κ3) is 4.15. The van der Waals surface area contributed by atoms with Crippen LogP contribution in [0, 0.1) is 0 Å². The van der Waals surface area contributed by atoms with Gasteiger partial charge >= 0.3 is 6.09 Å². The van der Waals surface area contributed by atoms with E-state index in [2.05, 4.69) is 26.8 Å². The number of methoxy groups -OCH3 is 3. The second kappa shape index (κ2) is 8.55. The minimum atomic E-state index is -0.366. The zero-order valence-electron chi connectivity index (χ0n) is 17.4. The fourth-order valence-electron chi connectivity index (χ4n) is 3.58. The predicted octanol–water partition coefficient (Wildman–Crippen LogP) is 4.17. The number of carbonyl (C=O) groups excluding carboxylic acids is 1. The van der Waals surface area contributed by atoms with Gasteiger partial charge in [-0.05, 0) is 38.0 Å². The van der Waals surface area contributed by atoms with Crippen molar-refractivity contribution in [2.75, 3.05) is 34.5 Å². The molecule has 0 radical (unpaired) electrons. The normalized spacial score (nSPS) is 17.2. The van der Waals surface area contributed by atoms with Crippen LogP contribution in [0.3, 0.4) is 0 Å². The summed E-state index contributed by atoms with van der Waals surface area (Å²) in [4.78, 5) is 14.4. The summed E-state index contributed by atoms with van der Waals surface area (Å²) in [5, 5.41) is 0. The van der Waals surface area contributed by atoms with Gasteiger partial charge in [-0.15, -0.1) is 0 Å². The second-order valence-electron chi connectivity index (χ2n) is 7.26. The molecule has 0 aliphatic carbocycles. The van der Waals surface area contributed by atoms with Crippen molar-refractivity contribution in [3.63, 3.8) is 0 Å². The van der Waals surface area contributed by atoms with E-state index in [1.165, 1.54) is 5.57 Å². The number of nitrogens with zero attached hydrogens (tertiary/aromatic N) is 1. The maximum Gasteiger partial charge on any atom is 0.410 e. The van der Waals surface area contributed by atoms with E-state index in [-0.39, 0.29) is 17.6 Å². The van der Waals surface area contributed by atoms with Gasteiger partial charge in [0.1, 0.15) is 0 Å². The summed E-state index contributed by atoms with van der Waals surface area (Å²) in [5.74, 6) is 1.76. The second-order valence-corrected chi connectivity index (χ2v) is 7.26. The molecular weight excluding hydrogens is 346 g/mol. The van der Waals surface area contributed by atoms with Crippen molar-refractivity contribution in [1.29, 1.82) is 0 Å². The first-order valence-corrected chi connectivity index (χ1v) is 9.19. The first-order chi connectivity index (χ1) is 12.8. The van der Waals surface area contributed by atoms with Crippen molar-refractivity contribution in [2.45, 2.75) is 45.6 Å². The van der Waals surface area contributed by atoms with Crippen LogP contribution in [0.15, 0.2) is 23.8 Å². The quantitative estimate of drug-likeness (QED) is 0.697. The molecule has 0 spiro atoms. The number of amides is 1. The summed E-state index contributed by atoms with van der Waals surface area (Å²) in [6.07, 6.45) is 2.58. The van der Waals surface area contributed by atoms with E-state index in [1.54, 1.807) is 26.2 Å². The van der Waals surface area contributed by atoms with Crippen LogP contribution >= 0.6 is 0 Å². The summed E-state index contributed by atoms with van der Waals surface area (Å²) in [5.41, 5.74) is 1.90. The standard InChI is InChI=1S/C21H31NO5/c1-8-27-20(23)22-10-9-14(2)11-18(22)21(3,4)15-12-16(24-5)19(26-7)17(13-15)25-6/h9,12-13,18H,8,10-11H2,1-7H3. The Morgan fingerprint density at radius 2 is 1.74 bits per heavy atom. The average molecular weight is 377 g/mol. The number of rotatable bonds is 6. The van der Waals surface area contributed by atoms with Gasteiger partial charge in [0.15, 0.2) is 11.5 Å². The molecule has 1 aliphatic heterocycles. The van der Waals surface area contributed by atoms with Crippen LogP contribution in [0.5, 0.6) is 17.2 Å². The van der Waals surface area contributed by atoms with Crippen LogP contribution in [0.25, 0.3) is 0 Å². The molecule has 6 nitrogen and oxygen atoms in total. The first kappa shape index (κ1) is 20.9. The topological polar surface area (TPSA) is 57.2 Å². The monoisotopic (exact) mass is 377 g/mol. The molecule has 6 heteroatoms. The molecule has 0 bridgehead atoms. The van der Waals surface area contributed by atoms with E-state index < -0.39 is 0 Å². The first-order valence-electron chi connectivity index (χ1n) is 9.19. The van der Waals surface area contributed by atoms with Gasteiger partial charge in [-0.25, -0.2) is 4.79 Å². The molecule has 27 heavy (non-hydrogen) atoms. The van der Waals surface area contributed by atoms with Gasteiger partial charge < -0.3 is 23.8 Å².